The first kappa shape index (κ1) is 19.5. The van der Waals surface area contributed by atoms with Crippen LogP contribution in [-0.2, 0) is 26.2 Å². The molecule has 0 atom stereocenters. The van der Waals surface area contributed by atoms with Crippen molar-refractivity contribution in [1.82, 2.24) is 0 Å². The quantitative estimate of drug-likeness (QED) is 0.467. The van der Waals surface area contributed by atoms with E-state index in [4.69, 9.17) is 0 Å². The monoisotopic (exact) mass is 379 g/mol. The third kappa shape index (κ3) is 3.79. The molecule has 0 heterocycles. The van der Waals surface area contributed by atoms with E-state index in [-0.39, 0.29) is 51.0 Å². The first-order valence-corrected chi connectivity index (χ1v) is 5.97. The molecule has 0 aliphatic rings. The van der Waals surface area contributed by atoms with Crippen LogP contribution >= 0.6 is 0 Å². The molecule has 0 unspecified atom stereocenters. The molecular weight excluding hydrogens is 366 g/mol. The molecule has 0 spiro atoms. The maximum atomic E-state index is 2.27. The Morgan fingerprint density at radius 1 is 0.850 bits per heavy atom. The smallest absolute Gasteiger partial charge is 1.00 e. The van der Waals surface area contributed by atoms with Crippen molar-refractivity contribution in [3.05, 3.63) is 65.7 Å². The van der Waals surface area contributed by atoms with Gasteiger partial charge in [0.2, 0.25) is 0 Å². The van der Waals surface area contributed by atoms with Crippen molar-refractivity contribution in [2.75, 3.05) is 0 Å². The van der Waals surface area contributed by atoms with Crippen LogP contribution in [0.2, 0.25) is 0 Å². The van der Waals surface area contributed by atoms with E-state index < -0.39 is 0 Å². The predicted octanol–water partition coefficient (Wildman–Crippen LogP) is -1.15. The summed E-state index contributed by atoms with van der Waals surface area (Å²) in [6.07, 6.45) is 0. The van der Waals surface area contributed by atoms with Crippen molar-refractivity contribution in [2.24, 2.45) is 0 Å². The summed E-state index contributed by atoms with van der Waals surface area (Å²) in [5, 5.41) is 2.71. The molecule has 101 valence electrons. The SMILES string of the molecule is Cc1cc(-c2ccccc2)c2cc(C)[cH-]c2c1.[Cl-].[Cl-].[Zr+3]. The fraction of sp³-hybridized carbons (Fsp3) is 0.118. The number of hydrogen-bond donors (Lipinski definition) is 0. The largest absolute Gasteiger partial charge is 3.00 e. The minimum atomic E-state index is 0. The van der Waals surface area contributed by atoms with Gasteiger partial charge in [-0.2, -0.15) is 6.07 Å². The van der Waals surface area contributed by atoms with Crippen LogP contribution in [0.5, 0.6) is 0 Å². The zero-order valence-electron chi connectivity index (χ0n) is 11.5. The molecule has 0 fully saturated rings. The third-order valence-electron chi connectivity index (χ3n) is 3.20. The van der Waals surface area contributed by atoms with Crippen molar-refractivity contribution in [2.45, 2.75) is 13.8 Å². The Kier molecular flexibility index (Phi) is 7.88. The Labute approximate surface area is 151 Å². The molecule has 0 nitrogen and oxygen atoms in total. The second-order valence-corrected chi connectivity index (χ2v) is 4.71. The molecule has 0 amide bonds. The summed E-state index contributed by atoms with van der Waals surface area (Å²) in [4.78, 5) is 0. The normalized spacial score (nSPS) is 9.30. The van der Waals surface area contributed by atoms with Crippen LogP contribution in [0.1, 0.15) is 11.1 Å². The first-order chi connectivity index (χ1) is 8.24. The van der Waals surface area contributed by atoms with E-state index in [1.165, 1.54) is 33.0 Å². The van der Waals surface area contributed by atoms with Gasteiger partial charge in [0.15, 0.2) is 0 Å². The van der Waals surface area contributed by atoms with Gasteiger partial charge in [0, 0.05) is 0 Å². The first-order valence-electron chi connectivity index (χ1n) is 5.97. The summed E-state index contributed by atoms with van der Waals surface area (Å²) in [6, 6.07) is 19.7. The predicted molar refractivity (Wildman–Crippen MR) is 74.5 cm³/mol. The summed E-state index contributed by atoms with van der Waals surface area (Å²) >= 11 is 0. The second-order valence-electron chi connectivity index (χ2n) is 4.71. The average Bonchev–Trinajstić information content (AvgIpc) is 2.69. The van der Waals surface area contributed by atoms with E-state index in [1.807, 2.05) is 0 Å². The maximum absolute atomic E-state index is 2.27. The zero-order valence-corrected chi connectivity index (χ0v) is 15.4. The molecular formula is C17H15Cl2Zr. The molecule has 0 N–H and O–H groups in total. The fourth-order valence-electron chi connectivity index (χ4n) is 2.48. The number of fused-ring (bicyclic) bond motifs is 1. The molecule has 0 aliphatic carbocycles. The van der Waals surface area contributed by atoms with Gasteiger partial charge >= 0.3 is 26.2 Å². The van der Waals surface area contributed by atoms with Crippen molar-refractivity contribution in [1.29, 1.82) is 0 Å². The Morgan fingerprint density at radius 3 is 2.15 bits per heavy atom. The van der Waals surface area contributed by atoms with Crippen molar-refractivity contribution in [3.8, 4) is 11.1 Å². The summed E-state index contributed by atoms with van der Waals surface area (Å²) in [7, 11) is 0. The van der Waals surface area contributed by atoms with Gasteiger partial charge < -0.3 is 24.8 Å². The molecule has 3 heteroatoms. The van der Waals surface area contributed by atoms with E-state index in [2.05, 4.69) is 68.4 Å². The molecule has 0 saturated heterocycles. The van der Waals surface area contributed by atoms with Crippen LogP contribution in [0, 0.1) is 13.8 Å². The molecule has 20 heavy (non-hydrogen) atoms. The maximum Gasteiger partial charge on any atom is 3.00 e. The fourth-order valence-corrected chi connectivity index (χ4v) is 2.48. The minimum absolute atomic E-state index is 0. The number of aryl methyl sites for hydroxylation is 2. The van der Waals surface area contributed by atoms with Crippen molar-refractivity contribution >= 4 is 10.8 Å². The number of halogens is 2. The second kappa shape index (κ2) is 8.08. The Bertz CT molecular complexity index is 672. The van der Waals surface area contributed by atoms with E-state index in [1.54, 1.807) is 0 Å². The molecule has 3 aromatic carbocycles. The Balaban J connectivity index is 0.00000120. The van der Waals surface area contributed by atoms with Crippen molar-refractivity contribution < 1.29 is 51.0 Å². The van der Waals surface area contributed by atoms with Gasteiger partial charge in [0.1, 0.15) is 0 Å². The van der Waals surface area contributed by atoms with E-state index in [0.29, 0.717) is 0 Å². The molecule has 0 bridgehead atoms. The van der Waals surface area contributed by atoms with Gasteiger partial charge in [0.25, 0.3) is 0 Å². The van der Waals surface area contributed by atoms with Gasteiger partial charge in [-0.1, -0.05) is 54.4 Å². The summed E-state index contributed by atoms with van der Waals surface area (Å²) < 4.78 is 0. The Hall–Kier alpha value is -0.487. The molecule has 0 aliphatic heterocycles. The van der Waals surface area contributed by atoms with Crippen LogP contribution in [0.4, 0.5) is 0 Å². The molecule has 3 aromatic rings. The molecule has 0 saturated carbocycles. The van der Waals surface area contributed by atoms with Gasteiger partial charge in [-0.3, -0.25) is 0 Å². The Morgan fingerprint density at radius 2 is 1.50 bits per heavy atom. The van der Waals surface area contributed by atoms with Gasteiger partial charge in [0.05, 0.1) is 0 Å². The van der Waals surface area contributed by atoms with Gasteiger partial charge in [-0.05, 0) is 12.5 Å². The molecule has 0 aromatic heterocycles. The standard InChI is InChI=1S/C17H15.2ClH.Zr/c1-12-8-15-9-13(2)11-17(15)16(10-12)14-6-4-3-5-7-14;;;/h3-11H,1-2H3;2*1H;/q-1;;;+3/p-2. The molecule has 3 rings (SSSR count). The number of benzene rings is 2. The van der Waals surface area contributed by atoms with Crippen molar-refractivity contribution in [3.63, 3.8) is 0 Å². The third-order valence-corrected chi connectivity index (χ3v) is 3.20. The topological polar surface area (TPSA) is 0 Å². The van der Waals surface area contributed by atoms with Gasteiger partial charge in [-0.15, -0.1) is 28.5 Å². The van der Waals surface area contributed by atoms with Crippen LogP contribution in [0.3, 0.4) is 0 Å². The zero-order chi connectivity index (χ0) is 11.8. The van der Waals surface area contributed by atoms with E-state index in [9.17, 15) is 0 Å². The minimum Gasteiger partial charge on any atom is -1.00 e. The average molecular weight is 381 g/mol. The number of hydrogen-bond acceptors (Lipinski definition) is 0. The van der Waals surface area contributed by atoms with E-state index in [0.717, 1.165) is 0 Å². The summed E-state index contributed by atoms with van der Waals surface area (Å²) in [6.45, 7) is 4.32. The molecule has 1 radical (unpaired) electrons. The van der Waals surface area contributed by atoms with Crippen LogP contribution < -0.4 is 24.8 Å². The van der Waals surface area contributed by atoms with Crippen LogP contribution in [0.15, 0.2) is 54.6 Å². The summed E-state index contributed by atoms with van der Waals surface area (Å²) in [5.41, 5.74) is 5.30. The van der Waals surface area contributed by atoms with Crippen LogP contribution in [-0.4, -0.2) is 0 Å². The van der Waals surface area contributed by atoms with Gasteiger partial charge in [-0.25, -0.2) is 0 Å². The van der Waals surface area contributed by atoms with Crippen LogP contribution in [0.25, 0.3) is 21.9 Å². The number of rotatable bonds is 1. The van der Waals surface area contributed by atoms with E-state index >= 15 is 0 Å². The summed E-state index contributed by atoms with van der Waals surface area (Å²) in [5.74, 6) is 0.